The summed E-state index contributed by atoms with van der Waals surface area (Å²) in [7, 11) is 0. The van der Waals surface area contributed by atoms with E-state index in [9.17, 15) is 14.0 Å². The molecule has 0 radical (unpaired) electrons. The second-order valence-electron chi connectivity index (χ2n) is 6.28. The van der Waals surface area contributed by atoms with Crippen LogP contribution in [-0.4, -0.2) is 16.8 Å². The lowest BCUT2D eigenvalue weighted by Crippen LogP contribution is -2.20. The van der Waals surface area contributed by atoms with Crippen LogP contribution in [0.5, 0.6) is 0 Å². The van der Waals surface area contributed by atoms with Crippen molar-refractivity contribution in [2.45, 2.75) is 12.8 Å². The highest BCUT2D eigenvalue weighted by atomic mass is 19.1. The van der Waals surface area contributed by atoms with Crippen molar-refractivity contribution in [3.63, 3.8) is 0 Å². The number of aryl methyl sites for hydroxylation is 1. The number of pyridine rings is 1. The molecule has 2 N–H and O–H groups in total. The Morgan fingerprint density at radius 3 is 2.81 bits per heavy atom. The third-order valence-electron chi connectivity index (χ3n) is 4.42. The molecule has 1 aromatic heterocycles. The van der Waals surface area contributed by atoms with Crippen LogP contribution in [0.1, 0.15) is 22.5 Å². The van der Waals surface area contributed by atoms with E-state index in [0.717, 1.165) is 11.3 Å². The Morgan fingerprint density at radius 2 is 1.96 bits per heavy atom. The van der Waals surface area contributed by atoms with Crippen molar-refractivity contribution >= 4 is 23.2 Å². The van der Waals surface area contributed by atoms with Crippen molar-refractivity contribution in [2.75, 3.05) is 10.6 Å². The minimum atomic E-state index is -0.380. The van der Waals surface area contributed by atoms with Crippen molar-refractivity contribution in [1.29, 1.82) is 0 Å². The van der Waals surface area contributed by atoms with Gasteiger partial charge < -0.3 is 10.6 Å². The largest absolute Gasteiger partial charge is 0.326 e. The number of amides is 2. The monoisotopic (exact) mass is 361 g/mol. The van der Waals surface area contributed by atoms with Crippen LogP contribution in [-0.2, 0) is 11.2 Å². The number of hydrogen-bond acceptors (Lipinski definition) is 3. The maximum atomic E-state index is 13.6. The first-order chi connectivity index (χ1) is 13.1. The maximum absolute atomic E-state index is 13.6. The molecule has 3 aromatic rings. The van der Waals surface area contributed by atoms with E-state index in [2.05, 4.69) is 15.6 Å². The molecule has 2 amide bonds. The highest BCUT2D eigenvalue weighted by molar-refractivity contribution is 6.07. The lowest BCUT2D eigenvalue weighted by atomic mass is 10.0. The molecule has 0 saturated heterocycles. The van der Waals surface area contributed by atoms with E-state index >= 15 is 0 Å². The Labute approximate surface area is 155 Å². The number of carbonyl (C=O) groups excluding carboxylic acids is 2. The molecular weight excluding hydrogens is 345 g/mol. The number of nitrogens with zero attached hydrogens (tertiary/aromatic N) is 1. The summed E-state index contributed by atoms with van der Waals surface area (Å²) in [6, 6.07) is 14.8. The molecule has 0 unspecified atom stereocenters. The number of anilines is 2. The summed E-state index contributed by atoms with van der Waals surface area (Å²) in [5, 5.41) is 5.64. The molecule has 0 saturated carbocycles. The van der Waals surface area contributed by atoms with E-state index in [1.807, 2.05) is 6.07 Å². The van der Waals surface area contributed by atoms with E-state index in [0.29, 0.717) is 29.7 Å². The smallest absolute Gasteiger partial charge is 0.274 e. The highest BCUT2D eigenvalue weighted by Gasteiger charge is 2.18. The Kier molecular flexibility index (Phi) is 4.38. The van der Waals surface area contributed by atoms with Crippen molar-refractivity contribution in [3.05, 3.63) is 77.9 Å². The Bertz CT molecular complexity index is 1050. The van der Waals surface area contributed by atoms with E-state index in [1.165, 1.54) is 18.3 Å². The van der Waals surface area contributed by atoms with Crippen molar-refractivity contribution in [2.24, 2.45) is 0 Å². The fraction of sp³-hybridized carbons (Fsp3) is 0.0952. The molecule has 2 aromatic carbocycles. The molecule has 6 heteroatoms. The van der Waals surface area contributed by atoms with E-state index in [1.54, 1.807) is 36.4 Å². The molecule has 0 spiro atoms. The SMILES string of the molecule is O=C1CCc2cc(NC(=O)c3ncccc3-c3cccc(F)c3)ccc2N1. The van der Waals surface area contributed by atoms with Crippen molar-refractivity contribution in [3.8, 4) is 11.1 Å². The lowest BCUT2D eigenvalue weighted by molar-refractivity contribution is -0.116. The average Bonchev–Trinajstić information content (AvgIpc) is 2.68. The topological polar surface area (TPSA) is 71.1 Å². The number of halogens is 1. The van der Waals surface area contributed by atoms with Crippen LogP contribution in [0.2, 0.25) is 0 Å². The predicted octanol–water partition coefficient (Wildman–Crippen LogP) is 4.02. The lowest BCUT2D eigenvalue weighted by Gasteiger charge is -2.18. The normalized spacial score (nSPS) is 12.9. The predicted molar refractivity (Wildman–Crippen MR) is 101 cm³/mol. The molecule has 1 aliphatic rings. The Balaban J connectivity index is 1.62. The van der Waals surface area contributed by atoms with Crippen LogP contribution in [0.3, 0.4) is 0 Å². The molecule has 27 heavy (non-hydrogen) atoms. The Morgan fingerprint density at radius 1 is 1.07 bits per heavy atom. The first kappa shape index (κ1) is 16.9. The molecule has 1 aliphatic heterocycles. The molecule has 0 aliphatic carbocycles. The number of nitrogens with one attached hydrogen (secondary N) is 2. The zero-order valence-electron chi connectivity index (χ0n) is 14.3. The fourth-order valence-electron chi connectivity index (χ4n) is 3.13. The zero-order valence-corrected chi connectivity index (χ0v) is 14.3. The quantitative estimate of drug-likeness (QED) is 0.740. The van der Waals surface area contributed by atoms with Crippen LogP contribution < -0.4 is 10.6 Å². The number of aromatic nitrogens is 1. The molecule has 0 atom stereocenters. The van der Waals surface area contributed by atoms with Gasteiger partial charge in [-0.3, -0.25) is 14.6 Å². The average molecular weight is 361 g/mol. The van der Waals surface area contributed by atoms with Gasteiger partial charge in [0.2, 0.25) is 5.91 Å². The highest BCUT2D eigenvalue weighted by Crippen LogP contribution is 2.27. The molecule has 4 rings (SSSR count). The summed E-state index contributed by atoms with van der Waals surface area (Å²) in [6.07, 6.45) is 2.58. The summed E-state index contributed by atoms with van der Waals surface area (Å²) in [6.45, 7) is 0. The van der Waals surface area contributed by atoms with Gasteiger partial charge in [-0.25, -0.2) is 4.39 Å². The number of carbonyl (C=O) groups is 2. The van der Waals surface area contributed by atoms with Gasteiger partial charge in [-0.1, -0.05) is 18.2 Å². The summed E-state index contributed by atoms with van der Waals surface area (Å²) in [5.41, 5.74) is 3.71. The first-order valence-electron chi connectivity index (χ1n) is 8.55. The van der Waals surface area contributed by atoms with Crippen LogP contribution in [0.15, 0.2) is 60.8 Å². The Hall–Kier alpha value is -3.54. The maximum Gasteiger partial charge on any atom is 0.274 e. The molecule has 0 fully saturated rings. The molecule has 134 valence electrons. The minimum absolute atomic E-state index is 0.00694. The minimum Gasteiger partial charge on any atom is -0.326 e. The van der Waals surface area contributed by atoms with Gasteiger partial charge in [-0.05, 0) is 53.9 Å². The molecule has 0 bridgehead atoms. The van der Waals surface area contributed by atoms with Gasteiger partial charge in [-0.15, -0.1) is 0 Å². The van der Waals surface area contributed by atoms with Gasteiger partial charge in [0.25, 0.3) is 5.91 Å². The number of benzene rings is 2. The first-order valence-corrected chi connectivity index (χ1v) is 8.55. The number of rotatable bonds is 3. The van der Waals surface area contributed by atoms with Crippen molar-refractivity contribution in [1.82, 2.24) is 4.98 Å². The van der Waals surface area contributed by atoms with Gasteiger partial charge in [0.1, 0.15) is 11.5 Å². The van der Waals surface area contributed by atoms with Gasteiger partial charge in [0.15, 0.2) is 0 Å². The van der Waals surface area contributed by atoms with Crippen LogP contribution in [0, 0.1) is 5.82 Å². The van der Waals surface area contributed by atoms with Gasteiger partial charge in [0, 0.05) is 29.6 Å². The van der Waals surface area contributed by atoms with Crippen LogP contribution in [0.4, 0.5) is 15.8 Å². The molecule has 5 nitrogen and oxygen atoms in total. The standard InChI is InChI=1S/C21H16FN3O2/c22-15-4-1-3-13(11-15)17-5-2-10-23-20(17)21(27)24-16-7-8-18-14(12-16)6-9-19(26)25-18/h1-5,7-8,10-12H,6,9H2,(H,24,27)(H,25,26). The summed E-state index contributed by atoms with van der Waals surface area (Å²) >= 11 is 0. The third kappa shape index (κ3) is 3.55. The zero-order chi connectivity index (χ0) is 18.8. The number of hydrogen-bond donors (Lipinski definition) is 2. The van der Waals surface area contributed by atoms with Crippen LogP contribution in [0.25, 0.3) is 11.1 Å². The summed E-state index contributed by atoms with van der Waals surface area (Å²) < 4.78 is 13.6. The fourth-order valence-corrected chi connectivity index (χ4v) is 3.13. The second-order valence-corrected chi connectivity index (χ2v) is 6.28. The van der Waals surface area contributed by atoms with Crippen molar-refractivity contribution < 1.29 is 14.0 Å². The summed E-state index contributed by atoms with van der Waals surface area (Å²) in [4.78, 5) is 28.4. The molecular formula is C21H16FN3O2. The third-order valence-corrected chi connectivity index (χ3v) is 4.42. The molecule has 2 heterocycles. The van der Waals surface area contributed by atoms with Crippen LogP contribution >= 0.6 is 0 Å². The van der Waals surface area contributed by atoms with E-state index in [4.69, 9.17) is 0 Å². The van der Waals surface area contributed by atoms with Gasteiger partial charge in [0.05, 0.1) is 0 Å². The van der Waals surface area contributed by atoms with E-state index < -0.39 is 0 Å². The van der Waals surface area contributed by atoms with Gasteiger partial charge in [-0.2, -0.15) is 0 Å². The van der Waals surface area contributed by atoms with E-state index in [-0.39, 0.29) is 23.3 Å². The second kappa shape index (κ2) is 6.99. The van der Waals surface area contributed by atoms with Gasteiger partial charge >= 0.3 is 0 Å². The number of fused-ring (bicyclic) bond motifs is 1. The summed E-state index contributed by atoms with van der Waals surface area (Å²) in [5.74, 6) is -0.762.